The molecule has 1 heterocycles. The fraction of sp³-hybridized carbons (Fsp3) is 0.318. The fourth-order valence-corrected chi connectivity index (χ4v) is 3.11. The van der Waals surface area contributed by atoms with E-state index in [4.69, 9.17) is 4.74 Å². The summed E-state index contributed by atoms with van der Waals surface area (Å²) in [5.41, 5.74) is 4.14. The number of anilines is 1. The Bertz CT molecular complexity index is 898. The van der Waals surface area contributed by atoms with Gasteiger partial charge in [-0.2, -0.15) is 0 Å². The maximum Gasteiger partial charge on any atom is 0.319 e. The maximum absolute atomic E-state index is 12.2. The molecule has 0 unspecified atom stereocenters. The van der Waals surface area contributed by atoms with Gasteiger partial charge in [0.05, 0.1) is 6.61 Å². The molecule has 2 aromatic carbocycles. The predicted octanol–water partition coefficient (Wildman–Crippen LogP) is 4.77. The van der Waals surface area contributed by atoms with Crippen LogP contribution in [-0.4, -0.2) is 17.7 Å². The van der Waals surface area contributed by atoms with E-state index in [1.807, 2.05) is 36.4 Å². The van der Waals surface area contributed by atoms with E-state index in [1.165, 1.54) is 5.52 Å². The van der Waals surface area contributed by atoms with Crippen molar-refractivity contribution in [2.24, 2.45) is 5.92 Å². The van der Waals surface area contributed by atoms with Crippen molar-refractivity contribution in [3.63, 3.8) is 0 Å². The van der Waals surface area contributed by atoms with Gasteiger partial charge in [-0.05, 0) is 41.3 Å². The van der Waals surface area contributed by atoms with Crippen molar-refractivity contribution in [1.82, 2.24) is 9.88 Å². The van der Waals surface area contributed by atoms with Crippen molar-refractivity contribution in [3.8, 4) is 0 Å². The number of urea groups is 1. The number of fused-ring (bicyclic) bond motifs is 1. The molecule has 0 aliphatic carbocycles. The molecule has 0 fully saturated rings. The molecule has 142 valence electrons. The van der Waals surface area contributed by atoms with E-state index in [0.717, 1.165) is 28.7 Å². The van der Waals surface area contributed by atoms with Crippen molar-refractivity contribution in [2.75, 3.05) is 12.4 Å². The quantitative estimate of drug-likeness (QED) is 0.634. The van der Waals surface area contributed by atoms with Crippen LogP contribution in [0.2, 0.25) is 0 Å². The van der Waals surface area contributed by atoms with Gasteiger partial charge in [0.1, 0.15) is 0 Å². The molecule has 0 bridgehead atoms. The lowest BCUT2D eigenvalue weighted by Crippen LogP contribution is -2.28. The van der Waals surface area contributed by atoms with Gasteiger partial charge in [-0.1, -0.05) is 38.1 Å². The van der Waals surface area contributed by atoms with E-state index < -0.39 is 0 Å². The van der Waals surface area contributed by atoms with E-state index in [0.29, 0.717) is 19.1 Å². The molecule has 0 aliphatic rings. The number of carbonyl (C=O) groups is 1. The molecule has 0 saturated carbocycles. The summed E-state index contributed by atoms with van der Waals surface area (Å²) >= 11 is 0. The van der Waals surface area contributed by atoms with Gasteiger partial charge in [0, 0.05) is 43.0 Å². The highest BCUT2D eigenvalue weighted by molar-refractivity contribution is 5.92. The summed E-state index contributed by atoms with van der Waals surface area (Å²) in [6.07, 6.45) is 2.10. The Labute approximate surface area is 160 Å². The minimum Gasteiger partial charge on any atom is -0.380 e. The van der Waals surface area contributed by atoms with Crippen LogP contribution in [-0.2, 0) is 24.4 Å². The zero-order valence-electron chi connectivity index (χ0n) is 16.2. The van der Waals surface area contributed by atoms with Crippen molar-refractivity contribution in [3.05, 3.63) is 65.9 Å². The predicted molar refractivity (Wildman–Crippen MR) is 110 cm³/mol. The normalized spacial score (nSPS) is 11.1. The van der Waals surface area contributed by atoms with Gasteiger partial charge in [-0.25, -0.2) is 4.79 Å². The fourth-order valence-electron chi connectivity index (χ4n) is 3.11. The van der Waals surface area contributed by atoms with Crippen LogP contribution in [0.3, 0.4) is 0 Å². The van der Waals surface area contributed by atoms with Crippen LogP contribution >= 0.6 is 0 Å². The third-order valence-electron chi connectivity index (χ3n) is 4.38. The molecule has 0 atom stereocenters. The van der Waals surface area contributed by atoms with Gasteiger partial charge < -0.3 is 19.9 Å². The summed E-state index contributed by atoms with van der Waals surface area (Å²) in [5.74, 6) is 0.591. The lowest BCUT2D eigenvalue weighted by molar-refractivity contribution is 0.185. The molecule has 3 aromatic rings. The number of ether oxygens (including phenoxy) is 1. The highest BCUT2D eigenvalue weighted by Crippen LogP contribution is 2.21. The van der Waals surface area contributed by atoms with Crippen molar-refractivity contribution in [1.29, 1.82) is 0 Å². The number of nitrogens with one attached hydrogen (secondary N) is 2. The lowest BCUT2D eigenvalue weighted by atomic mass is 10.1. The summed E-state index contributed by atoms with van der Waals surface area (Å²) in [7, 11) is 1.68. The van der Waals surface area contributed by atoms with Crippen LogP contribution in [0, 0.1) is 5.92 Å². The number of carbonyl (C=O) groups excluding carboxylic acids is 1. The minimum atomic E-state index is -0.211. The van der Waals surface area contributed by atoms with Crippen molar-refractivity contribution in [2.45, 2.75) is 33.5 Å². The largest absolute Gasteiger partial charge is 0.380 e. The van der Waals surface area contributed by atoms with Crippen molar-refractivity contribution < 1.29 is 9.53 Å². The Balaban J connectivity index is 1.57. The van der Waals surface area contributed by atoms with Gasteiger partial charge >= 0.3 is 6.03 Å². The van der Waals surface area contributed by atoms with Gasteiger partial charge in [0.15, 0.2) is 0 Å². The van der Waals surface area contributed by atoms with E-state index in [-0.39, 0.29) is 6.03 Å². The number of hydrogen-bond donors (Lipinski definition) is 2. The molecule has 0 radical (unpaired) electrons. The van der Waals surface area contributed by atoms with Gasteiger partial charge in [-0.15, -0.1) is 0 Å². The van der Waals surface area contributed by atoms with Crippen molar-refractivity contribution >= 4 is 22.6 Å². The lowest BCUT2D eigenvalue weighted by Gasteiger charge is -2.10. The van der Waals surface area contributed by atoms with Crippen LogP contribution in [0.5, 0.6) is 0 Å². The number of aromatic nitrogens is 1. The molecule has 27 heavy (non-hydrogen) atoms. The van der Waals surface area contributed by atoms with E-state index in [2.05, 4.69) is 47.4 Å². The second-order valence-corrected chi connectivity index (χ2v) is 7.19. The van der Waals surface area contributed by atoms with E-state index in [9.17, 15) is 4.79 Å². The molecular formula is C22H27N3O2. The SMILES string of the molecule is COCc1ccc(CNC(=O)Nc2ccc3c(ccn3CC(C)C)c2)cc1. The highest BCUT2D eigenvalue weighted by atomic mass is 16.5. The summed E-state index contributed by atoms with van der Waals surface area (Å²) in [6.45, 7) is 6.47. The Morgan fingerprint density at radius 3 is 2.52 bits per heavy atom. The molecule has 2 N–H and O–H groups in total. The van der Waals surface area contributed by atoms with Crippen LogP contribution in [0.15, 0.2) is 54.7 Å². The Kier molecular flexibility index (Phi) is 6.14. The average molecular weight is 365 g/mol. The molecule has 0 spiro atoms. The second-order valence-electron chi connectivity index (χ2n) is 7.19. The summed E-state index contributed by atoms with van der Waals surface area (Å²) in [5, 5.41) is 6.93. The topological polar surface area (TPSA) is 55.3 Å². The zero-order chi connectivity index (χ0) is 19.2. The number of benzene rings is 2. The highest BCUT2D eigenvalue weighted by Gasteiger charge is 2.06. The van der Waals surface area contributed by atoms with Crippen LogP contribution in [0.4, 0.5) is 10.5 Å². The molecular weight excluding hydrogens is 338 g/mol. The molecule has 0 aliphatic heterocycles. The number of methoxy groups -OCH3 is 1. The third kappa shape index (κ3) is 5.11. The zero-order valence-corrected chi connectivity index (χ0v) is 16.2. The summed E-state index contributed by atoms with van der Waals surface area (Å²) < 4.78 is 7.35. The second kappa shape index (κ2) is 8.73. The molecule has 5 nitrogen and oxygen atoms in total. The van der Waals surface area contributed by atoms with Gasteiger partial charge in [0.25, 0.3) is 0 Å². The molecule has 5 heteroatoms. The maximum atomic E-state index is 12.2. The third-order valence-corrected chi connectivity index (χ3v) is 4.38. The monoisotopic (exact) mass is 365 g/mol. The average Bonchev–Trinajstić information content (AvgIpc) is 3.03. The number of hydrogen-bond acceptors (Lipinski definition) is 2. The van der Waals surface area contributed by atoms with Gasteiger partial charge in [0.2, 0.25) is 0 Å². The number of amides is 2. The summed E-state index contributed by atoms with van der Waals surface area (Å²) in [6, 6.07) is 15.9. The minimum absolute atomic E-state index is 0.211. The first-order valence-corrected chi connectivity index (χ1v) is 9.25. The number of rotatable bonds is 7. The van der Waals surface area contributed by atoms with E-state index in [1.54, 1.807) is 7.11 Å². The molecule has 2 amide bonds. The standard InChI is InChI=1S/C22H27N3O2/c1-16(2)14-25-11-10-19-12-20(8-9-21(19)25)24-22(26)23-13-17-4-6-18(7-5-17)15-27-3/h4-12,16H,13-15H2,1-3H3,(H2,23,24,26). The van der Waals surface area contributed by atoms with E-state index >= 15 is 0 Å². The number of nitrogens with zero attached hydrogens (tertiary/aromatic N) is 1. The van der Waals surface area contributed by atoms with Crippen LogP contribution in [0.25, 0.3) is 10.9 Å². The molecule has 3 rings (SSSR count). The first kappa shape index (κ1) is 19.0. The first-order valence-electron chi connectivity index (χ1n) is 9.25. The first-order chi connectivity index (χ1) is 13.0. The summed E-state index contributed by atoms with van der Waals surface area (Å²) in [4.78, 5) is 12.2. The molecule has 0 saturated heterocycles. The van der Waals surface area contributed by atoms with Crippen LogP contribution < -0.4 is 10.6 Å². The Hall–Kier alpha value is -2.79. The Morgan fingerprint density at radius 1 is 1.07 bits per heavy atom. The van der Waals surface area contributed by atoms with Crippen LogP contribution in [0.1, 0.15) is 25.0 Å². The smallest absolute Gasteiger partial charge is 0.319 e. The Morgan fingerprint density at radius 2 is 1.81 bits per heavy atom. The van der Waals surface area contributed by atoms with Gasteiger partial charge in [-0.3, -0.25) is 0 Å². The molecule has 1 aromatic heterocycles.